The van der Waals surface area contributed by atoms with Crippen molar-refractivity contribution in [2.24, 2.45) is 12.8 Å². The molecule has 0 amide bonds. The van der Waals surface area contributed by atoms with Crippen LogP contribution in [0.15, 0.2) is 18.2 Å². The first-order valence-electron chi connectivity index (χ1n) is 4.90. The topological polar surface area (TPSA) is 43.8 Å². The fourth-order valence-corrected chi connectivity index (χ4v) is 1.69. The molecule has 3 heteroatoms. The lowest BCUT2D eigenvalue weighted by Gasteiger charge is -2.00. The zero-order valence-corrected chi connectivity index (χ0v) is 8.62. The first kappa shape index (κ1) is 9.21. The number of aromatic nitrogens is 2. The zero-order chi connectivity index (χ0) is 10.1. The van der Waals surface area contributed by atoms with Crippen LogP contribution in [0.3, 0.4) is 0 Å². The smallest absolute Gasteiger partial charge is 0.123 e. The summed E-state index contributed by atoms with van der Waals surface area (Å²) in [4.78, 5) is 4.44. The highest BCUT2D eigenvalue weighted by atomic mass is 15.1. The minimum absolute atomic E-state index is 0.493. The van der Waals surface area contributed by atoms with E-state index in [9.17, 15) is 0 Å². The molecule has 74 valence electrons. The van der Waals surface area contributed by atoms with Crippen LogP contribution in [-0.2, 0) is 20.0 Å². The standard InChI is InChI=1S/C11H15N3/c1-3-8-4-5-9-10(6-8)14(2)11(7-12)13-9/h4-6H,3,7,12H2,1-2H3. The molecule has 0 unspecified atom stereocenters. The molecule has 1 aromatic heterocycles. The number of aryl methyl sites for hydroxylation is 2. The molecule has 3 nitrogen and oxygen atoms in total. The van der Waals surface area contributed by atoms with Crippen molar-refractivity contribution in [2.45, 2.75) is 19.9 Å². The summed E-state index contributed by atoms with van der Waals surface area (Å²) < 4.78 is 2.06. The Bertz CT molecular complexity index is 457. The van der Waals surface area contributed by atoms with E-state index in [0.29, 0.717) is 6.54 Å². The molecule has 2 aromatic rings. The van der Waals surface area contributed by atoms with Crippen molar-refractivity contribution < 1.29 is 0 Å². The van der Waals surface area contributed by atoms with E-state index in [2.05, 4.69) is 34.7 Å². The van der Waals surface area contributed by atoms with E-state index in [0.717, 1.165) is 17.8 Å². The zero-order valence-electron chi connectivity index (χ0n) is 8.62. The molecule has 14 heavy (non-hydrogen) atoms. The van der Waals surface area contributed by atoms with E-state index in [4.69, 9.17) is 5.73 Å². The Balaban J connectivity index is 2.68. The fraction of sp³-hybridized carbons (Fsp3) is 0.364. The number of imidazole rings is 1. The summed E-state index contributed by atoms with van der Waals surface area (Å²) in [6, 6.07) is 6.37. The average Bonchev–Trinajstić information content (AvgIpc) is 2.55. The highest BCUT2D eigenvalue weighted by Crippen LogP contribution is 2.16. The van der Waals surface area contributed by atoms with E-state index in [1.807, 2.05) is 7.05 Å². The monoisotopic (exact) mass is 189 g/mol. The quantitative estimate of drug-likeness (QED) is 0.779. The summed E-state index contributed by atoms with van der Waals surface area (Å²) >= 11 is 0. The minimum atomic E-state index is 0.493. The van der Waals surface area contributed by atoms with Gasteiger partial charge >= 0.3 is 0 Å². The summed E-state index contributed by atoms with van der Waals surface area (Å²) in [5.41, 5.74) is 9.14. The number of rotatable bonds is 2. The Labute approximate surface area is 83.6 Å². The second-order valence-corrected chi connectivity index (χ2v) is 3.47. The highest BCUT2D eigenvalue weighted by Gasteiger charge is 2.05. The Hall–Kier alpha value is -1.35. The Kier molecular flexibility index (Phi) is 2.25. The van der Waals surface area contributed by atoms with E-state index in [-0.39, 0.29) is 0 Å². The van der Waals surface area contributed by atoms with Crippen molar-refractivity contribution in [1.29, 1.82) is 0 Å². The molecule has 2 N–H and O–H groups in total. The van der Waals surface area contributed by atoms with Gasteiger partial charge in [0.2, 0.25) is 0 Å². The second kappa shape index (κ2) is 3.42. The highest BCUT2D eigenvalue weighted by molar-refractivity contribution is 5.76. The van der Waals surface area contributed by atoms with Gasteiger partial charge in [-0.3, -0.25) is 0 Å². The average molecular weight is 189 g/mol. The molecule has 0 atom stereocenters. The molecule has 0 spiro atoms. The SMILES string of the molecule is CCc1ccc2nc(CN)n(C)c2c1. The van der Waals surface area contributed by atoms with E-state index in [1.54, 1.807) is 0 Å². The third-order valence-corrected chi connectivity index (χ3v) is 2.63. The lowest BCUT2D eigenvalue weighted by molar-refractivity contribution is 0.812. The Morgan fingerprint density at radius 1 is 1.43 bits per heavy atom. The molecule has 0 fully saturated rings. The molecule has 0 aliphatic rings. The predicted octanol–water partition coefficient (Wildman–Crippen LogP) is 1.59. The number of benzene rings is 1. The fourth-order valence-electron chi connectivity index (χ4n) is 1.69. The Morgan fingerprint density at radius 3 is 2.86 bits per heavy atom. The first-order valence-corrected chi connectivity index (χ1v) is 4.90. The van der Waals surface area contributed by atoms with Crippen LogP contribution in [0.25, 0.3) is 11.0 Å². The van der Waals surface area contributed by atoms with Crippen molar-refractivity contribution in [3.8, 4) is 0 Å². The summed E-state index contributed by atoms with van der Waals surface area (Å²) in [6.45, 7) is 2.65. The molecule has 0 aliphatic carbocycles. The van der Waals surface area contributed by atoms with Crippen LogP contribution in [0, 0.1) is 0 Å². The minimum Gasteiger partial charge on any atom is -0.330 e. The van der Waals surface area contributed by atoms with Gasteiger partial charge in [-0.15, -0.1) is 0 Å². The summed E-state index contributed by atoms with van der Waals surface area (Å²) in [7, 11) is 2.01. The van der Waals surface area contributed by atoms with Gasteiger partial charge in [-0.1, -0.05) is 13.0 Å². The van der Waals surface area contributed by atoms with Crippen LogP contribution in [-0.4, -0.2) is 9.55 Å². The number of nitrogens with zero attached hydrogens (tertiary/aromatic N) is 2. The second-order valence-electron chi connectivity index (χ2n) is 3.47. The molecular weight excluding hydrogens is 174 g/mol. The van der Waals surface area contributed by atoms with Gasteiger partial charge in [0.05, 0.1) is 17.6 Å². The largest absolute Gasteiger partial charge is 0.330 e. The van der Waals surface area contributed by atoms with Gasteiger partial charge in [0.25, 0.3) is 0 Å². The van der Waals surface area contributed by atoms with Crippen LogP contribution >= 0.6 is 0 Å². The maximum atomic E-state index is 5.60. The number of hydrogen-bond donors (Lipinski definition) is 1. The lowest BCUT2D eigenvalue weighted by atomic mass is 10.1. The molecule has 1 heterocycles. The van der Waals surface area contributed by atoms with Gasteiger partial charge in [-0.2, -0.15) is 0 Å². The van der Waals surface area contributed by atoms with Crippen LogP contribution in [0.4, 0.5) is 0 Å². The molecule has 0 saturated heterocycles. The van der Waals surface area contributed by atoms with Gasteiger partial charge < -0.3 is 10.3 Å². The van der Waals surface area contributed by atoms with E-state index >= 15 is 0 Å². The molecule has 1 aromatic carbocycles. The molecule has 2 rings (SSSR count). The van der Waals surface area contributed by atoms with Gasteiger partial charge in [-0.25, -0.2) is 4.98 Å². The van der Waals surface area contributed by atoms with Gasteiger partial charge in [0.15, 0.2) is 0 Å². The molecule has 0 radical (unpaired) electrons. The number of fused-ring (bicyclic) bond motifs is 1. The molecule has 0 saturated carbocycles. The van der Waals surface area contributed by atoms with Gasteiger partial charge in [0, 0.05) is 7.05 Å². The predicted molar refractivity (Wildman–Crippen MR) is 58.0 cm³/mol. The Morgan fingerprint density at radius 2 is 2.21 bits per heavy atom. The third-order valence-electron chi connectivity index (χ3n) is 2.63. The van der Waals surface area contributed by atoms with Gasteiger partial charge in [0.1, 0.15) is 5.82 Å². The maximum Gasteiger partial charge on any atom is 0.123 e. The summed E-state index contributed by atoms with van der Waals surface area (Å²) in [6.07, 6.45) is 1.05. The normalized spacial score (nSPS) is 11.1. The number of nitrogens with two attached hydrogens (primary N) is 1. The van der Waals surface area contributed by atoms with Crippen molar-refractivity contribution in [3.05, 3.63) is 29.6 Å². The van der Waals surface area contributed by atoms with Gasteiger partial charge in [-0.05, 0) is 24.1 Å². The van der Waals surface area contributed by atoms with Crippen LogP contribution in [0.2, 0.25) is 0 Å². The first-order chi connectivity index (χ1) is 6.76. The van der Waals surface area contributed by atoms with Crippen LogP contribution < -0.4 is 5.73 Å². The maximum absolute atomic E-state index is 5.60. The molecular formula is C11H15N3. The lowest BCUT2D eigenvalue weighted by Crippen LogP contribution is -2.04. The van der Waals surface area contributed by atoms with Crippen molar-refractivity contribution >= 4 is 11.0 Å². The molecule has 0 bridgehead atoms. The van der Waals surface area contributed by atoms with Crippen LogP contribution in [0.5, 0.6) is 0 Å². The van der Waals surface area contributed by atoms with Crippen molar-refractivity contribution in [1.82, 2.24) is 9.55 Å². The van der Waals surface area contributed by atoms with E-state index in [1.165, 1.54) is 11.1 Å². The van der Waals surface area contributed by atoms with Crippen molar-refractivity contribution in [2.75, 3.05) is 0 Å². The third kappa shape index (κ3) is 1.30. The molecule has 0 aliphatic heterocycles. The summed E-state index contributed by atoms with van der Waals surface area (Å²) in [5.74, 6) is 0.938. The van der Waals surface area contributed by atoms with Crippen molar-refractivity contribution in [3.63, 3.8) is 0 Å². The number of hydrogen-bond acceptors (Lipinski definition) is 2. The van der Waals surface area contributed by atoms with E-state index < -0.39 is 0 Å². The van der Waals surface area contributed by atoms with Crippen LogP contribution in [0.1, 0.15) is 18.3 Å². The summed E-state index contributed by atoms with van der Waals surface area (Å²) in [5, 5.41) is 0.